The molecule has 0 aromatic carbocycles. The number of esters is 4. The second-order valence-electron chi connectivity index (χ2n) is 29.4. The van der Waals surface area contributed by atoms with Gasteiger partial charge in [-0.05, 0) is 121 Å². The highest BCUT2D eigenvalue weighted by Crippen LogP contribution is 2.20. The molecule has 4 N–H and O–H groups in total. The maximum atomic E-state index is 13.6. The molecule has 0 spiro atoms. The van der Waals surface area contributed by atoms with E-state index in [2.05, 4.69) is 4.98 Å². The summed E-state index contributed by atoms with van der Waals surface area (Å²) in [4.78, 5) is 124. The van der Waals surface area contributed by atoms with Gasteiger partial charge in [0, 0.05) is 141 Å². The SMILES string of the molecule is CCOCCOCCOc1ccc(C[C@H]2CN(CC(=O)O)CCN(CC(=O)O)CCN(CC(=O)O)CCN2CC(=O)O)nc1.CCOCCOCCOc1ccc(C[C@H]2CN(CC(=O)OC(C)(C)C)CCN(CC(=O)OC(C)(C)C)CCN(CC(=O)OC(C)(C)C)CCN2CC(=O)OC(C)(C)C)nc1. The molecule has 32 nitrogen and oxygen atoms in total. The number of hydrogen-bond acceptors (Lipinski definition) is 28. The van der Waals surface area contributed by atoms with E-state index in [9.17, 15) is 58.8 Å². The Bertz CT molecular complexity index is 2850. The van der Waals surface area contributed by atoms with Crippen LogP contribution in [0.1, 0.15) is 108 Å². The quantitative estimate of drug-likeness (QED) is 0.0433. The molecule has 2 saturated heterocycles. The molecule has 2 aromatic rings. The summed E-state index contributed by atoms with van der Waals surface area (Å²) in [5, 5.41) is 38.1. The van der Waals surface area contributed by atoms with Crippen molar-refractivity contribution in [1.82, 2.24) is 49.2 Å². The van der Waals surface area contributed by atoms with E-state index in [-0.39, 0.29) is 123 Å². The lowest BCUT2D eigenvalue weighted by Gasteiger charge is -2.38. The summed E-state index contributed by atoms with van der Waals surface area (Å²) in [5.41, 5.74) is -1.39. The number of aromatic nitrogens is 2. The number of carboxylic acid groups (broad SMARTS) is 4. The first kappa shape index (κ1) is 91.4. The molecule has 2 aliphatic heterocycles. The molecule has 0 radical (unpaired) electrons. The Hall–Kier alpha value is -6.82. The zero-order chi connectivity index (χ0) is 77.5. The van der Waals surface area contributed by atoms with Gasteiger partial charge in [0.25, 0.3) is 0 Å². The first-order chi connectivity index (χ1) is 48.8. The molecule has 0 aliphatic carbocycles. The van der Waals surface area contributed by atoms with E-state index in [0.717, 1.165) is 5.69 Å². The maximum absolute atomic E-state index is 13.6. The van der Waals surface area contributed by atoms with Crippen LogP contribution in [-0.4, -0.2) is 362 Å². The van der Waals surface area contributed by atoms with Crippen LogP contribution in [0.3, 0.4) is 0 Å². The molecule has 2 aliphatic rings. The zero-order valence-electron chi connectivity index (χ0n) is 64.3. The van der Waals surface area contributed by atoms with Crippen LogP contribution in [0.15, 0.2) is 36.7 Å². The van der Waals surface area contributed by atoms with Crippen LogP contribution in [0, 0.1) is 0 Å². The second kappa shape index (κ2) is 47.7. The van der Waals surface area contributed by atoms with Crippen LogP contribution in [0.4, 0.5) is 0 Å². The van der Waals surface area contributed by atoms with Gasteiger partial charge in [0.2, 0.25) is 0 Å². The van der Waals surface area contributed by atoms with Gasteiger partial charge < -0.3 is 67.8 Å². The first-order valence-electron chi connectivity index (χ1n) is 35.9. The Morgan fingerprint density at radius 3 is 0.942 bits per heavy atom. The molecule has 4 rings (SSSR count). The smallest absolute Gasteiger partial charge is 0.320 e. The van der Waals surface area contributed by atoms with Gasteiger partial charge in [-0.25, -0.2) is 0 Å². The molecule has 104 heavy (non-hydrogen) atoms. The molecule has 0 unspecified atom stereocenters. The van der Waals surface area contributed by atoms with E-state index in [1.807, 2.05) is 129 Å². The van der Waals surface area contributed by atoms with E-state index in [0.29, 0.717) is 135 Å². The Kier molecular flexibility index (Phi) is 41.9. The number of rotatable bonds is 36. The van der Waals surface area contributed by atoms with Gasteiger partial charge in [-0.2, -0.15) is 0 Å². The number of pyridine rings is 2. The van der Waals surface area contributed by atoms with E-state index in [1.165, 1.54) is 0 Å². The molecular formula is C72H122N10O22. The topological polar surface area (TPSA) is 361 Å². The fraction of sp³-hybridized carbons (Fsp3) is 0.750. The molecule has 592 valence electrons. The summed E-state index contributed by atoms with van der Waals surface area (Å²) in [5.74, 6) is -4.69. The van der Waals surface area contributed by atoms with Gasteiger partial charge in [-0.15, -0.1) is 0 Å². The molecule has 32 heteroatoms. The van der Waals surface area contributed by atoms with Crippen LogP contribution in [0.25, 0.3) is 0 Å². The summed E-state index contributed by atoms with van der Waals surface area (Å²) in [6.07, 6.45) is 3.91. The summed E-state index contributed by atoms with van der Waals surface area (Å²) in [6.45, 7) is 33.4. The van der Waals surface area contributed by atoms with Crippen molar-refractivity contribution in [3.63, 3.8) is 0 Å². The Morgan fingerprint density at radius 1 is 0.356 bits per heavy atom. The summed E-state index contributed by atoms with van der Waals surface area (Å²) in [6, 6.07) is 6.39. The lowest BCUT2D eigenvalue weighted by Crippen LogP contribution is -2.54. The Labute approximate surface area is 614 Å². The molecule has 0 saturated carbocycles. The average molecular weight is 1480 g/mol. The number of carbonyl (C=O) groups is 8. The van der Waals surface area contributed by atoms with Gasteiger partial charge in [-0.1, -0.05) is 0 Å². The first-order valence-corrected chi connectivity index (χ1v) is 35.9. The third kappa shape index (κ3) is 44.9. The van der Waals surface area contributed by atoms with Crippen LogP contribution < -0.4 is 9.47 Å². The van der Waals surface area contributed by atoms with Crippen molar-refractivity contribution < 1.29 is 106 Å². The van der Waals surface area contributed by atoms with Crippen molar-refractivity contribution >= 4 is 47.8 Å². The van der Waals surface area contributed by atoms with Crippen LogP contribution in [0.2, 0.25) is 0 Å². The summed E-state index contributed by atoms with van der Waals surface area (Å²) >= 11 is 0. The Morgan fingerprint density at radius 2 is 0.625 bits per heavy atom. The lowest BCUT2D eigenvalue weighted by molar-refractivity contribution is -0.160. The maximum Gasteiger partial charge on any atom is 0.320 e. The minimum atomic E-state index is -1.08. The van der Waals surface area contributed by atoms with Crippen molar-refractivity contribution in [2.75, 3.05) is 210 Å². The van der Waals surface area contributed by atoms with Crippen molar-refractivity contribution in [1.29, 1.82) is 0 Å². The summed E-state index contributed by atoms with van der Waals surface area (Å²) in [7, 11) is 0. The number of carboxylic acids is 4. The number of ether oxygens (including phenoxy) is 10. The van der Waals surface area contributed by atoms with Gasteiger partial charge >= 0.3 is 47.8 Å². The van der Waals surface area contributed by atoms with E-state index in [4.69, 9.17) is 52.4 Å². The monoisotopic (exact) mass is 1480 g/mol. The highest BCUT2D eigenvalue weighted by atomic mass is 16.6. The number of aliphatic carboxylic acids is 4. The fourth-order valence-electron chi connectivity index (χ4n) is 11.1. The number of nitrogens with zero attached hydrogens (tertiary/aromatic N) is 10. The number of carbonyl (C=O) groups excluding carboxylic acids is 4. The van der Waals surface area contributed by atoms with Crippen molar-refractivity contribution in [3.8, 4) is 11.5 Å². The van der Waals surface area contributed by atoms with E-state index >= 15 is 0 Å². The van der Waals surface area contributed by atoms with Crippen LogP contribution in [0.5, 0.6) is 11.5 Å². The predicted octanol–water partition coefficient (Wildman–Crippen LogP) is 3.00. The highest BCUT2D eigenvalue weighted by Gasteiger charge is 2.33. The molecule has 0 bridgehead atoms. The molecule has 0 amide bonds. The molecule has 4 heterocycles. The van der Waals surface area contributed by atoms with Gasteiger partial charge in [-0.3, -0.25) is 87.5 Å². The largest absolute Gasteiger partial charge is 0.490 e. The standard InChI is InChI=1S/C44H77N5O11.C28H45N5O11/c1-14-54-23-24-55-25-26-56-36-16-15-34(45-28-36)27-35-29-48(32-39(52)59-43(8,9)10)20-19-46(30-37(50)57-41(2,3)4)17-18-47(31-38(51)58-42(5,6)7)21-22-49(35)33-40(53)60-44(11,12)13;1-2-42-11-12-43-13-14-44-24-4-3-22(29-16-24)15-23-17-32(20-27(38)39)8-7-30(18-25(34)35)5-6-31(19-26(36)37)9-10-33(23)21-28(40)41/h15-16,28,35H,14,17-27,29-33H2,1-13H3;3-4,16,23H,2,5-15,17-21H2,1H3,(H,34,35)(H,36,37)(H,38,39)(H,40,41)/t35-;23-/m00/s1. The van der Waals surface area contributed by atoms with Gasteiger partial charge in [0.15, 0.2) is 0 Å². The molecule has 2 aromatic heterocycles. The van der Waals surface area contributed by atoms with Crippen LogP contribution >= 0.6 is 0 Å². The normalized spacial score (nSPS) is 17.9. The predicted molar refractivity (Wildman–Crippen MR) is 385 cm³/mol. The minimum Gasteiger partial charge on any atom is -0.490 e. The third-order valence-corrected chi connectivity index (χ3v) is 15.4. The average Bonchev–Trinajstić information content (AvgIpc) is 0.872. The van der Waals surface area contributed by atoms with E-state index < -0.39 is 64.3 Å². The Balaban J connectivity index is 0.000000566. The zero-order valence-corrected chi connectivity index (χ0v) is 64.3. The second-order valence-corrected chi connectivity index (χ2v) is 29.4. The van der Waals surface area contributed by atoms with Crippen LogP contribution in [-0.2, 0) is 89.1 Å². The molecular weight excluding hydrogens is 1360 g/mol. The van der Waals surface area contributed by atoms with Crippen molar-refractivity contribution in [2.24, 2.45) is 0 Å². The number of hydrogen-bond donors (Lipinski definition) is 4. The summed E-state index contributed by atoms with van der Waals surface area (Å²) < 4.78 is 56.1. The van der Waals surface area contributed by atoms with E-state index in [1.54, 1.807) is 44.1 Å². The third-order valence-electron chi connectivity index (χ3n) is 15.4. The molecule has 2 atom stereocenters. The highest BCUT2D eigenvalue weighted by molar-refractivity contribution is 5.74. The van der Waals surface area contributed by atoms with Gasteiger partial charge in [0.05, 0.1) is 104 Å². The lowest BCUT2D eigenvalue weighted by atomic mass is 10.1. The van der Waals surface area contributed by atoms with Gasteiger partial charge in [0.1, 0.15) is 47.1 Å². The minimum absolute atomic E-state index is 0.00777. The molecule has 2 fully saturated rings. The van der Waals surface area contributed by atoms with Crippen molar-refractivity contribution in [2.45, 2.75) is 144 Å². The van der Waals surface area contributed by atoms with Crippen molar-refractivity contribution in [3.05, 3.63) is 48.0 Å². The fourth-order valence-corrected chi connectivity index (χ4v) is 11.1.